The Morgan fingerprint density at radius 2 is 1.42 bits per heavy atom. The summed E-state index contributed by atoms with van der Waals surface area (Å²) < 4.78 is 81.9. The summed E-state index contributed by atoms with van der Waals surface area (Å²) in [5.74, 6) is -6.63. The molecule has 3 N–H and O–H groups in total. The number of hydrogen-bond donors (Lipinski definition) is 3. The molecule has 0 aromatic heterocycles. The third-order valence-corrected chi connectivity index (χ3v) is 3.38. The maximum absolute atomic E-state index is 13.0. The lowest BCUT2D eigenvalue weighted by Crippen LogP contribution is -2.43. The molecule has 0 saturated heterocycles. The number of carbonyl (C=O) groups excluding carboxylic acids is 1. The van der Waals surface area contributed by atoms with E-state index in [9.17, 15) is 46.5 Å². The van der Waals surface area contributed by atoms with Crippen LogP contribution in [-0.2, 0) is 16.2 Å². The summed E-state index contributed by atoms with van der Waals surface area (Å²) in [6, 6.07) is 0.855. The molecule has 0 saturated carbocycles. The molecule has 1 unspecified atom stereocenters. The highest BCUT2D eigenvalue weighted by atomic mass is 19.4. The van der Waals surface area contributed by atoms with Gasteiger partial charge in [0.2, 0.25) is 0 Å². The first-order valence-electron chi connectivity index (χ1n) is 6.75. The lowest BCUT2D eigenvalue weighted by atomic mass is 9.91. The predicted octanol–water partition coefficient (Wildman–Crippen LogP) is 2.64. The molecule has 0 spiro atoms. The van der Waals surface area contributed by atoms with Gasteiger partial charge in [-0.2, -0.15) is 26.3 Å². The Morgan fingerprint density at radius 1 is 0.962 bits per heavy atom. The van der Waals surface area contributed by atoms with E-state index in [0.29, 0.717) is 12.1 Å². The monoisotopic (exact) mass is 388 g/mol. The summed E-state index contributed by atoms with van der Waals surface area (Å²) in [5.41, 5.74) is -6.59. The number of rotatable bonds is 4. The number of carbonyl (C=O) groups is 1. The van der Waals surface area contributed by atoms with Crippen molar-refractivity contribution in [1.82, 2.24) is 0 Å². The number of alkyl halides is 6. The molecular formula is C15H14F6O5. The van der Waals surface area contributed by atoms with Crippen LogP contribution in [0.4, 0.5) is 26.3 Å². The Balaban J connectivity index is 3.65. The van der Waals surface area contributed by atoms with Gasteiger partial charge in [-0.05, 0) is 37.6 Å². The lowest BCUT2D eigenvalue weighted by Gasteiger charge is -2.30. The van der Waals surface area contributed by atoms with Crippen LogP contribution in [0.1, 0.15) is 25.0 Å². The molecule has 0 aliphatic heterocycles. The fourth-order valence-electron chi connectivity index (χ4n) is 1.66. The summed E-state index contributed by atoms with van der Waals surface area (Å²) in [4.78, 5) is 11.5. The van der Waals surface area contributed by atoms with Gasteiger partial charge in [-0.25, -0.2) is 4.79 Å². The Bertz CT molecular complexity index is 674. The third-order valence-electron chi connectivity index (χ3n) is 3.38. The Hall–Kier alpha value is -2.11. The second-order valence-corrected chi connectivity index (χ2v) is 5.66. The summed E-state index contributed by atoms with van der Waals surface area (Å²) in [7, 11) is 0. The first kappa shape index (κ1) is 21.9. The molecule has 26 heavy (non-hydrogen) atoms. The van der Waals surface area contributed by atoms with Crippen molar-refractivity contribution < 1.29 is 51.2 Å². The smallest absolute Gasteiger partial charge is 0.423 e. The molecular weight excluding hydrogens is 374 g/mol. The highest BCUT2D eigenvalue weighted by Crippen LogP contribution is 2.43. The van der Waals surface area contributed by atoms with Gasteiger partial charge in [0.15, 0.2) is 5.60 Å². The van der Waals surface area contributed by atoms with E-state index < -0.39 is 46.6 Å². The average molecular weight is 388 g/mol. The van der Waals surface area contributed by atoms with Gasteiger partial charge >= 0.3 is 18.3 Å². The van der Waals surface area contributed by atoms with Crippen LogP contribution < -0.4 is 4.74 Å². The van der Waals surface area contributed by atoms with E-state index in [1.807, 2.05) is 0 Å². The van der Waals surface area contributed by atoms with Gasteiger partial charge in [0.05, 0.1) is 0 Å². The second kappa shape index (κ2) is 6.56. The van der Waals surface area contributed by atoms with Crippen molar-refractivity contribution in [2.45, 2.75) is 37.6 Å². The number of benzene rings is 1. The highest BCUT2D eigenvalue weighted by Gasteiger charge is 2.56. The molecule has 1 atom stereocenters. The van der Waals surface area contributed by atoms with Gasteiger partial charge in [-0.1, -0.05) is 6.58 Å². The van der Waals surface area contributed by atoms with E-state index in [4.69, 9.17) is 0 Å². The molecule has 0 bridgehead atoms. The van der Waals surface area contributed by atoms with Crippen LogP contribution >= 0.6 is 0 Å². The van der Waals surface area contributed by atoms with E-state index in [0.717, 1.165) is 6.92 Å². The van der Waals surface area contributed by atoms with Crippen molar-refractivity contribution in [3.05, 3.63) is 41.5 Å². The van der Waals surface area contributed by atoms with Gasteiger partial charge in [0, 0.05) is 11.1 Å². The summed E-state index contributed by atoms with van der Waals surface area (Å²) >= 11 is 0. The Morgan fingerprint density at radius 3 is 1.81 bits per heavy atom. The SMILES string of the molecule is C=C(C)C(=O)Oc1cc(C(C)(O)C(F)(F)F)cc(C(O)(O)C(F)(F)F)c1. The van der Waals surface area contributed by atoms with E-state index in [1.165, 1.54) is 0 Å². The Kier molecular flexibility index (Phi) is 5.53. The number of halogens is 6. The normalized spacial score (nSPS) is 15.3. The molecule has 0 aliphatic rings. The van der Waals surface area contributed by atoms with Gasteiger partial charge in [0.1, 0.15) is 5.75 Å². The third kappa shape index (κ3) is 4.17. The van der Waals surface area contributed by atoms with Crippen LogP contribution in [0.15, 0.2) is 30.4 Å². The van der Waals surface area contributed by atoms with E-state index in [2.05, 4.69) is 11.3 Å². The number of aliphatic hydroxyl groups is 3. The summed E-state index contributed by atoms with van der Waals surface area (Å²) in [6.45, 7) is 4.59. The molecule has 1 aromatic rings. The molecule has 0 amide bonds. The minimum atomic E-state index is -5.69. The van der Waals surface area contributed by atoms with Crippen LogP contribution in [0.2, 0.25) is 0 Å². The zero-order valence-electron chi connectivity index (χ0n) is 13.4. The van der Waals surface area contributed by atoms with Crippen molar-refractivity contribution in [2.24, 2.45) is 0 Å². The Labute approximate surface area is 143 Å². The van der Waals surface area contributed by atoms with Crippen LogP contribution in [0.5, 0.6) is 5.75 Å². The van der Waals surface area contributed by atoms with Gasteiger partial charge in [-0.15, -0.1) is 0 Å². The molecule has 5 nitrogen and oxygen atoms in total. The van der Waals surface area contributed by atoms with Crippen molar-refractivity contribution >= 4 is 5.97 Å². The fraction of sp³-hybridized carbons (Fsp3) is 0.400. The summed E-state index contributed by atoms with van der Waals surface area (Å²) in [6.07, 6.45) is -11.0. The zero-order chi connectivity index (χ0) is 20.7. The second-order valence-electron chi connectivity index (χ2n) is 5.66. The minimum absolute atomic E-state index is 0.0963. The number of hydrogen-bond acceptors (Lipinski definition) is 5. The lowest BCUT2D eigenvalue weighted by molar-refractivity contribution is -0.358. The van der Waals surface area contributed by atoms with E-state index in [-0.39, 0.29) is 18.6 Å². The predicted molar refractivity (Wildman–Crippen MR) is 74.7 cm³/mol. The molecule has 0 aliphatic carbocycles. The van der Waals surface area contributed by atoms with Gasteiger partial charge < -0.3 is 20.1 Å². The molecule has 1 rings (SSSR count). The van der Waals surface area contributed by atoms with Crippen molar-refractivity contribution in [1.29, 1.82) is 0 Å². The van der Waals surface area contributed by atoms with Crippen molar-refractivity contribution in [2.75, 3.05) is 0 Å². The first-order chi connectivity index (χ1) is 11.4. The molecule has 11 heteroatoms. The maximum atomic E-state index is 13.0. The van der Waals surface area contributed by atoms with Gasteiger partial charge in [-0.3, -0.25) is 0 Å². The van der Waals surface area contributed by atoms with E-state index >= 15 is 0 Å². The number of esters is 1. The first-order valence-corrected chi connectivity index (χ1v) is 6.75. The molecule has 1 aromatic carbocycles. The number of ether oxygens (including phenoxy) is 1. The zero-order valence-corrected chi connectivity index (χ0v) is 13.4. The topological polar surface area (TPSA) is 87.0 Å². The van der Waals surface area contributed by atoms with Crippen LogP contribution in [0.3, 0.4) is 0 Å². The molecule has 146 valence electrons. The largest absolute Gasteiger partial charge is 0.447 e. The molecule has 0 radical (unpaired) electrons. The molecule has 0 heterocycles. The van der Waals surface area contributed by atoms with Gasteiger partial charge in [0.25, 0.3) is 5.79 Å². The standard InChI is InChI=1S/C15H14F6O5/c1-7(2)11(22)26-10-5-8(12(3,23)14(16,17)18)4-9(6-10)13(24,25)15(19,20)21/h4-6,23-25H,1H2,2-3H3. The van der Waals surface area contributed by atoms with Crippen LogP contribution in [0.25, 0.3) is 0 Å². The van der Waals surface area contributed by atoms with Crippen LogP contribution in [0, 0.1) is 0 Å². The van der Waals surface area contributed by atoms with E-state index in [1.54, 1.807) is 0 Å². The van der Waals surface area contributed by atoms with Crippen LogP contribution in [-0.4, -0.2) is 33.6 Å². The fourth-order valence-corrected chi connectivity index (χ4v) is 1.66. The maximum Gasteiger partial charge on any atom is 0.447 e. The minimum Gasteiger partial charge on any atom is -0.423 e. The quantitative estimate of drug-likeness (QED) is 0.243. The molecule has 0 fully saturated rings. The van der Waals surface area contributed by atoms with Crippen molar-refractivity contribution in [3.63, 3.8) is 0 Å². The average Bonchev–Trinajstić information content (AvgIpc) is 2.44. The highest BCUT2D eigenvalue weighted by molar-refractivity contribution is 5.88. The summed E-state index contributed by atoms with van der Waals surface area (Å²) in [5, 5.41) is 28.2. The van der Waals surface area contributed by atoms with Crippen molar-refractivity contribution in [3.8, 4) is 5.75 Å².